The van der Waals surface area contributed by atoms with Crippen LogP contribution in [0.4, 0.5) is 18.9 Å². The molecule has 34 heavy (non-hydrogen) atoms. The van der Waals surface area contributed by atoms with Crippen molar-refractivity contribution in [3.8, 4) is 0 Å². The monoisotopic (exact) mass is 463 g/mol. The lowest BCUT2D eigenvalue weighted by molar-refractivity contribution is -0.149. The van der Waals surface area contributed by atoms with E-state index in [9.17, 15) is 32.7 Å². The summed E-state index contributed by atoms with van der Waals surface area (Å²) < 4.78 is 41.3. The molecule has 170 valence electrons. The molecule has 1 saturated heterocycles. The lowest BCUT2D eigenvalue weighted by atomic mass is 9.47. The van der Waals surface area contributed by atoms with E-state index in [1.165, 1.54) is 12.1 Å². The molecule has 0 radical (unpaired) electrons. The predicted molar refractivity (Wildman–Crippen MR) is 114 cm³/mol. The molecule has 2 unspecified atom stereocenters. The fourth-order valence-corrected chi connectivity index (χ4v) is 6.28. The highest BCUT2D eigenvalue weighted by atomic mass is 19.4. The number of aliphatic carboxylic acids is 1. The van der Waals surface area contributed by atoms with Gasteiger partial charge in [-0.05, 0) is 34.4 Å². The summed E-state index contributed by atoms with van der Waals surface area (Å²) in [5.74, 6) is -6.19. The van der Waals surface area contributed by atoms with Crippen LogP contribution >= 0.6 is 0 Å². The summed E-state index contributed by atoms with van der Waals surface area (Å²) in [5.41, 5.74) is -1.57. The minimum atomic E-state index is -4.81. The smallest absolute Gasteiger partial charge is 0.418 e. The highest BCUT2D eigenvalue weighted by molar-refractivity contribution is 6.25. The van der Waals surface area contributed by atoms with Gasteiger partial charge in [0.15, 0.2) is 0 Å². The van der Waals surface area contributed by atoms with Gasteiger partial charge in [0.1, 0.15) is 5.41 Å². The Labute approximate surface area is 191 Å². The molecule has 2 atom stereocenters. The van der Waals surface area contributed by atoms with Gasteiger partial charge in [0.25, 0.3) is 0 Å². The number of imide groups is 1. The summed E-state index contributed by atoms with van der Waals surface area (Å²) in [4.78, 5) is 41.2. The molecule has 1 N–H and O–H groups in total. The topological polar surface area (TPSA) is 74.7 Å². The van der Waals surface area contributed by atoms with Crippen LogP contribution in [0.25, 0.3) is 0 Å². The Bertz CT molecular complexity index is 1370. The van der Waals surface area contributed by atoms with Crippen LogP contribution in [0.3, 0.4) is 0 Å². The van der Waals surface area contributed by atoms with E-state index < -0.39 is 58.4 Å². The van der Waals surface area contributed by atoms with Gasteiger partial charge < -0.3 is 5.11 Å². The first kappa shape index (κ1) is 20.7. The molecule has 5 nitrogen and oxygen atoms in total. The Hall–Kier alpha value is -3.94. The number of carbonyl (C=O) groups is 3. The number of carboxylic acid groups (broad SMARTS) is 1. The number of alkyl halides is 3. The third-order valence-electron chi connectivity index (χ3n) is 7.41. The van der Waals surface area contributed by atoms with Gasteiger partial charge in [0.05, 0.1) is 23.1 Å². The number of hydrogen-bond acceptors (Lipinski definition) is 3. The van der Waals surface area contributed by atoms with Gasteiger partial charge in [-0.15, -0.1) is 0 Å². The van der Waals surface area contributed by atoms with Gasteiger partial charge in [-0.1, -0.05) is 60.7 Å². The highest BCUT2D eigenvalue weighted by Gasteiger charge is 2.71. The second kappa shape index (κ2) is 6.56. The second-order valence-corrected chi connectivity index (χ2v) is 8.80. The Morgan fingerprint density at radius 1 is 0.824 bits per heavy atom. The number of carbonyl (C=O) groups excluding carboxylic acids is 2. The maximum absolute atomic E-state index is 13.8. The normalized spacial score (nSPS) is 26.8. The van der Waals surface area contributed by atoms with Gasteiger partial charge in [0.2, 0.25) is 11.8 Å². The molecule has 0 spiro atoms. The number of para-hydroxylation sites is 1. The molecule has 0 saturated carbocycles. The number of carboxylic acids is 1. The summed E-state index contributed by atoms with van der Waals surface area (Å²) in [6.45, 7) is 0. The highest BCUT2D eigenvalue weighted by Crippen LogP contribution is 2.64. The van der Waals surface area contributed by atoms with Crippen LogP contribution in [0.15, 0.2) is 72.8 Å². The maximum Gasteiger partial charge on any atom is 0.418 e. The first-order valence-corrected chi connectivity index (χ1v) is 10.7. The van der Waals surface area contributed by atoms with E-state index in [-0.39, 0.29) is 0 Å². The standard InChI is InChI=1S/C26H16F3NO4/c27-26(28,29)17-11-5-6-12-18(17)30-22(31)20-19-13-7-1-3-9-15(13)25(24(33)34,21(20)23(30)32)16-10-4-2-8-14(16)19/h1-12,19-21H,(H,33,34). The van der Waals surface area contributed by atoms with Crippen molar-refractivity contribution in [2.24, 2.45) is 11.8 Å². The Morgan fingerprint density at radius 2 is 1.35 bits per heavy atom. The number of halogens is 3. The molecule has 1 aliphatic heterocycles. The van der Waals surface area contributed by atoms with Gasteiger partial charge in [-0.25, -0.2) is 4.90 Å². The van der Waals surface area contributed by atoms with Crippen molar-refractivity contribution in [1.82, 2.24) is 0 Å². The molecule has 8 heteroatoms. The van der Waals surface area contributed by atoms with Crippen molar-refractivity contribution < 1.29 is 32.7 Å². The van der Waals surface area contributed by atoms with Gasteiger partial charge in [-0.2, -0.15) is 13.2 Å². The zero-order chi connectivity index (χ0) is 24.0. The average molecular weight is 463 g/mol. The molecule has 4 aliphatic rings. The van der Waals surface area contributed by atoms with E-state index in [0.717, 1.165) is 12.1 Å². The van der Waals surface area contributed by atoms with Gasteiger partial charge in [-0.3, -0.25) is 14.4 Å². The van der Waals surface area contributed by atoms with Gasteiger partial charge in [0, 0.05) is 5.92 Å². The third-order valence-corrected chi connectivity index (χ3v) is 7.41. The molecule has 1 fully saturated rings. The molecular weight excluding hydrogens is 447 g/mol. The van der Waals surface area contributed by atoms with Gasteiger partial charge >= 0.3 is 12.1 Å². The van der Waals surface area contributed by atoms with Crippen molar-refractivity contribution >= 4 is 23.5 Å². The van der Waals surface area contributed by atoms with Crippen LogP contribution in [0, 0.1) is 11.8 Å². The third kappa shape index (κ3) is 2.27. The molecule has 7 rings (SSSR count). The summed E-state index contributed by atoms with van der Waals surface area (Å²) >= 11 is 0. The van der Waals surface area contributed by atoms with Crippen LogP contribution < -0.4 is 4.90 Å². The molecule has 2 amide bonds. The number of hydrogen-bond donors (Lipinski definition) is 1. The van der Waals surface area contributed by atoms with E-state index in [1.807, 2.05) is 0 Å². The second-order valence-electron chi connectivity index (χ2n) is 8.80. The Kier molecular flexibility index (Phi) is 3.98. The van der Waals surface area contributed by atoms with Crippen LogP contribution in [0.2, 0.25) is 0 Å². The predicted octanol–water partition coefficient (Wildman–Crippen LogP) is 4.34. The molecule has 3 aromatic carbocycles. The lowest BCUT2D eigenvalue weighted by Crippen LogP contribution is -2.57. The minimum absolute atomic E-state index is 0.402. The first-order valence-electron chi connectivity index (χ1n) is 10.7. The summed E-state index contributed by atoms with van der Waals surface area (Å²) in [7, 11) is 0. The SMILES string of the molecule is O=C1C2C3c4ccccc4C(C(=O)O)(c4ccccc43)C2C(=O)N1c1ccccc1C(F)(F)F. The maximum atomic E-state index is 13.8. The van der Waals surface area contributed by atoms with E-state index >= 15 is 0 Å². The summed E-state index contributed by atoms with van der Waals surface area (Å²) in [5, 5.41) is 10.6. The molecule has 3 aromatic rings. The van der Waals surface area contributed by atoms with Crippen molar-refractivity contribution in [2.75, 3.05) is 4.90 Å². The van der Waals surface area contributed by atoms with E-state index in [1.54, 1.807) is 48.5 Å². The Balaban J connectivity index is 1.66. The fraction of sp³-hybridized carbons (Fsp3) is 0.192. The number of anilines is 1. The zero-order valence-electron chi connectivity index (χ0n) is 17.4. The molecule has 3 aliphatic carbocycles. The van der Waals surface area contributed by atoms with E-state index in [2.05, 4.69) is 0 Å². The summed E-state index contributed by atoms with van der Waals surface area (Å²) in [6, 6.07) is 17.9. The molecule has 1 heterocycles. The first-order chi connectivity index (χ1) is 16.2. The number of rotatable bonds is 2. The average Bonchev–Trinajstić information content (AvgIpc) is 3.09. The van der Waals surface area contributed by atoms with E-state index in [0.29, 0.717) is 27.2 Å². The van der Waals surface area contributed by atoms with Crippen molar-refractivity contribution in [2.45, 2.75) is 17.5 Å². The van der Waals surface area contributed by atoms with E-state index in [4.69, 9.17) is 0 Å². The Morgan fingerprint density at radius 3 is 1.91 bits per heavy atom. The lowest BCUT2D eigenvalue weighted by Gasteiger charge is -2.51. The van der Waals surface area contributed by atoms with Crippen LogP contribution in [-0.4, -0.2) is 22.9 Å². The molecular formula is C26H16F3NO4. The zero-order valence-corrected chi connectivity index (χ0v) is 17.4. The van der Waals surface area contributed by atoms with Crippen molar-refractivity contribution in [1.29, 1.82) is 0 Å². The fourth-order valence-electron chi connectivity index (χ4n) is 6.28. The number of nitrogens with zero attached hydrogens (tertiary/aromatic N) is 1. The summed E-state index contributed by atoms with van der Waals surface area (Å²) in [6.07, 6.45) is -4.81. The van der Waals surface area contributed by atoms with Crippen LogP contribution in [0.5, 0.6) is 0 Å². The van der Waals surface area contributed by atoms with Crippen LogP contribution in [0.1, 0.15) is 33.7 Å². The van der Waals surface area contributed by atoms with Crippen molar-refractivity contribution in [3.05, 3.63) is 101 Å². The number of amides is 2. The van der Waals surface area contributed by atoms with Crippen molar-refractivity contribution in [3.63, 3.8) is 0 Å². The molecule has 0 aromatic heterocycles. The molecule has 2 bridgehead atoms. The minimum Gasteiger partial charge on any atom is -0.480 e. The largest absolute Gasteiger partial charge is 0.480 e. The van der Waals surface area contributed by atoms with Crippen LogP contribution in [-0.2, 0) is 26.0 Å². The number of benzene rings is 3. The quantitative estimate of drug-likeness (QED) is 0.574.